The van der Waals surface area contributed by atoms with Crippen molar-refractivity contribution in [2.24, 2.45) is 0 Å². The van der Waals surface area contributed by atoms with Crippen molar-refractivity contribution < 1.29 is 0 Å². The van der Waals surface area contributed by atoms with E-state index in [2.05, 4.69) is 86.6 Å². The van der Waals surface area contributed by atoms with E-state index in [1.54, 1.807) is 0 Å². The summed E-state index contributed by atoms with van der Waals surface area (Å²) in [5, 5.41) is 0. The fraction of sp³-hybridized carbons (Fsp3) is 0.143. The molecule has 0 saturated heterocycles. The molecular weight excluding hydrogens is 252 g/mol. The summed E-state index contributed by atoms with van der Waals surface area (Å²) in [6.45, 7) is 4.57. The van der Waals surface area contributed by atoms with Crippen molar-refractivity contribution in [1.29, 1.82) is 0 Å². The third-order valence-corrected chi connectivity index (χ3v) is 4.91. The lowest BCUT2D eigenvalue weighted by molar-refractivity contribution is 0.708. The summed E-state index contributed by atoms with van der Waals surface area (Å²) in [6.07, 6.45) is 0. The van der Waals surface area contributed by atoms with Gasteiger partial charge in [0.25, 0.3) is 0 Å². The topological polar surface area (TPSA) is 0 Å². The average Bonchev–Trinajstić information content (AvgIpc) is 2.79. The molecule has 0 spiro atoms. The Kier molecular flexibility index (Phi) is 2.56. The maximum Gasteiger partial charge on any atom is 0.0438 e. The van der Waals surface area contributed by atoms with Gasteiger partial charge in [0.2, 0.25) is 0 Å². The van der Waals surface area contributed by atoms with E-state index in [1.165, 1.54) is 33.4 Å². The van der Waals surface area contributed by atoms with E-state index in [0.29, 0.717) is 0 Å². The minimum Gasteiger partial charge on any atom is -0.0620 e. The molecule has 21 heavy (non-hydrogen) atoms. The van der Waals surface area contributed by atoms with Crippen LogP contribution in [0.4, 0.5) is 0 Å². The van der Waals surface area contributed by atoms with Crippen LogP contribution in [0.25, 0.3) is 11.1 Å². The van der Waals surface area contributed by atoms with Gasteiger partial charge in [-0.05, 0) is 47.2 Å². The van der Waals surface area contributed by atoms with Gasteiger partial charge in [0.15, 0.2) is 0 Å². The molecule has 0 heteroatoms. The molecule has 0 nitrogen and oxygen atoms in total. The number of fused-ring (bicyclic) bond motifs is 3. The Morgan fingerprint density at radius 3 is 1.52 bits per heavy atom. The molecule has 0 saturated carbocycles. The fourth-order valence-corrected chi connectivity index (χ4v) is 3.88. The molecule has 0 amide bonds. The van der Waals surface area contributed by atoms with E-state index < -0.39 is 0 Å². The van der Waals surface area contributed by atoms with Crippen molar-refractivity contribution in [3.05, 3.63) is 95.1 Å². The van der Waals surface area contributed by atoms with Crippen molar-refractivity contribution in [2.45, 2.75) is 19.3 Å². The first-order chi connectivity index (χ1) is 10.2. The van der Waals surface area contributed by atoms with Gasteiger partial charge in [-0.15, -0.1) is 0 Å². The summed E-state index contributed by atoms with van der Waals surface area (Å²) in [6, 6.07) is 26.4. The van der Waals surface area contributed by atoms with E-state index in [1.807, 2.05) is 0 Å². The van der Waals surface area contributed by atoms with Gasteiger partial charge >= 0.3 is 0 Å². The lowest BCUT2D eigenvalue weighted by atomic mass is 9.73. The van der Waals surface area contributed by atoms with Gasteiger partial charge in [0.1, 0.15) is 0 Å². The third kappa shape index (κ3) is 1.56. The lowest BCUT2D eigenvalue weighted by Crippen LogP contribution is -2.23. The maximum atomic E-state index is 2.36. The Morgan fingerprint density at radius 1 is 0.571 bits per heavy atom. The second-order valence-corrected chi connectivity index (χ2v) is 6.03. The molecule has 3 aromatic rings. The SMILES string of the molecule is Cc1ccccc1C1(C)c2ccccc2-c2ccccc21. The highest BCUT2D eigenvalue weighted by Gasteiger charge is 2.40. The first-order valence-electron chi connectivity index (χ1n) is 7.48. The van der Waals surface area contributed by atoms with Crippen molar-refractivity contribution in [3.63, 3.8) is 0 Å². The average molecular weight is 270 g/mol. The second-order valence-electron chi connectivity index (χ2n) is 6.03. The van der Waals surface area contributed by atoms with Gasteiger partial charge < -0.3 is 0 Å². The molecule has 102 valence electrons. The molecule has 0 atom stereocenters. The zero-order valence-corrected chi connectivity index (χ0v) is 12.4. The van der Waals surface area contributed by atoms with Crippen molar-refractivity contribution in [3.8, 4) is 11.1 Å². The predicted octanol–water partition coefficient (Wildman–Crippen LogP) is 5.33. The minimum atomic E-state index is -0.0570. The minimum absolute atomic E-state index is 0.0570. The van der Waals surface area contributed by atoms with Crippen LogP contribution >= 0.6 is 0 Å². The first-order valence-corrected chi connectivity index (χ1v) is 7.48. The molecule has 0 N–H and O–H groups in total. The summed E-state index contributed by atoms with van der Waals surface area (Å²) in [4.78, 5) is 0. The highest BCUT2D eigenvalue weighted by molar-refractivity contribution is 5.83. The second kappa shape index (κ2) is 4.33. The Labute approximate surface area is 126 Å². The zero-order chi connectivity index (χ0) is 14.4. The highest BCUT2D eigenvalue weighted by atomic mass is 14.4. The van der Waals surface area contributed by atoms with Crippen LogP contribution in [-0.2, 0) is 5.41 Å². The number of benzene rings is 3. The van der Waals surface area contributed by atoms with Crippen LogP contribution in [0.2, 0.25) is 0 Å². The van der Waals surface area contributed by atoms with E-state index >= 15 is 0 Å². The molecule has 0 aliphatic heterocycles. The van der Waals surface area contributed by atoms with Gasteiger partial charge in [-0.2, -0.15) is 0 Å². The van der Waals surface area contributed by atoms with Gasteiger partial charge in [-0.1, -0.05) is 72.8 Å². The van der Waals surface area contributed by atoms with Crippen molar-refractivity contribution >= 4 is 0 Å². The molecule has 0 bridgehead atoms. The summed E-state index contributed by atoms with van der Waals surface area (Å²) >= 11 is 0. The smallest absolute Gasteiger partial charge is 0.0438 e. The van der Waals surface area contributed by atoms with Gasteiger partial charge in [0.05, 0.1) is 0 Å². The molecule has 4 rings (SSSR count). The summed E-state index contributed by atoms with van der Waals surface area (Å²) in [5.74, 6) is 0. The lowest BCUT2D eigenvalue weighted by Gasteiger charge is -2.29. The monoisotopic (exact) mass is 270 g/mol. The highest BCUT2D eigenvalue weighted by Crippen LogP contribution is 2.52. The summed E-state index contributed by atoms with van der Waals surface area (Å²) in [7, 11) is 0. The Morgan fingerprint density at radius 2 is 1.00 bits per heavy atom. The molecule has 0 aromatic heterocycles. The van der Waals surface area contributed by atoms with Crippen molar-refractivity contribution in [2.75, 3.05) is 0 Å². The first kappa shape index (κ1) is 12.4. The molecule has 1 aliphatic rings. The van der Waals surface area contributed by atoms with E-state index in [9.17, 15) is 0 Å². The van der Waals surface area contributed by atoms with Crippen LogP contribution in [0.3, 0.4) is 0 Å². The summed E-state index contributed by atoms with van der Waals surface area (Å²) < 4.78 is 0. The Hall–Kier alpha value is -2.34. The number of rotatable bonds is 1. The molecule has 0 heterocycles. The third-order valence-electron chi connectivity index (χ3n) is 4.91. The Bertz CT molecular complexity index is 781. The van der Waals surface area contributed by atoms with Crippen LogP contribution in [0, 0.1) is 6.92 Å². The van der Waals surface area contributed by atoms with Crippen LogP contribution in [0.15, 0.2) is 72.8 Å². The predicted molar refractivity (Wildman–Crippen MR) is 88.6 cm³/mol. The molecule has 0 radical (unpaired) electrons. The van der Waals surface area contributed by atoms with E-state index in [-0.39, 0.29) is 5.41 Å². The normalized spacial score (nSPS) is 14.6. The quantitative estimate of drug-likeness (QED) is 0.560. The van der Waals surface area contributed by atoms with Gasteiger partial charge in [-0.25, -0.2) is 0 Å². The number of hydrogen-bond donors (Lipinski definition) is 0. The number of hydrogen-bond acceptors (Lipinski definition) is 0. The van der Waals surface area contributed by atoms with Crippen LogP contribution in [-0.4, -0.2) is 0 Å². The Balaban J connectivity index is 2.12. The van der Waals surface area contributed by atoms with Crippen molar-refractivity contribution in [1.82, 2.24) is 0 Å². The molecular formula is C21H18. The molecule has 0 fully saturated rings. The van der Waals surface area contributed by atoms with E-state index in [4.69, 9.17) is 0 Å². The number of aryl methyl sites for hydroxylation is 1. The largest absolute Gasteiger partial charge is 0.0620 e. The molecule has 0 unspecified atom stereocenters. The zero-order valence-electron chi connectivity index (χ0n) is 12.4. The van der Waals surface area contributed by atoms with Crippen LogP contribution < -0.4 is 0 Å². The van der Waals surface area contributed by atoms with Gasteiger partial charge in [0, 0.05) is 5.41 Å². The van der Waals surface area contributed by atoms with E-state index in [0.717, 1.165) is 0 Å². The fourth-order valence-electron chi connectivity index (χ4n) is 3.88. The van der Waals surface area contributed by atoms with Crippen LogP contribution in [0.1, 0.15) is 29.2 Å². The van der Waals surface area contributed by atoms with Crippen LogP contribution in [0.5, 0.6) is 0 Å². The molecule has 3 aromatic carbocycles. The summed E-state index contributed by atoms with van der Waals surface area (Å²) in [5.41, 5.74) is 8.28. The van der Waals surface area contributed by atoms with Gasteiger partial charge in [-0.3, -0.25) is 0 Å². The standard InChI is InChI=1S/C21H18/c1-15-9-3-6-12-18(15)21(2)19-13-7-4-10-16(19)17-11-5-8-14-20(17)21/h3-14H,1-2H3. The maximum absolute atomic E-state index is 2.36. The molecule has 1 aliphatic carbocycles.